The maximum Gasteiger partial charge on any atom is 0.343 e. The highest BCUT2D eigenvalue weighted by atomic mass is 79.9. The van der Waals surface area contributed by atoms with Crippen LogP contribution in [-0.2, 0) is 14.3 Å². The van der Waals surface area contributed by atoms with Gasteiger partial charge in [0.15, 0.2) is 12.4 Å². The van der Waals surface area contributed by atoms with Crippen LogP contribution >= 0.6 is 15.9 Å². The molecule has 1 N–H and O–H groups in total. The van der Waals surface area contributed by atoms with Gasteiger partial charge in [-0.3, -0.25) is 19.4 Å². The van der Waals surface area contributed by atoms with Crippen molar-refractivity contribution < 1.29 is 28.7 Å². The number of pyridine rings is 1. The molecule has 8 nitrogen and oxygen atoms in total. The van der Waals surface area contributed by atoms with Gasteiger partial charge in [-0.2, -0.15) is 0 Å². The van der Waals surface area contributed by atoms with E-state index < -0.39 is 24.3 Å². The van der Waals surface area contributed by atoms with Crippen molar-refractivity contribution in [3.63, 3.8) is 0 Å². The van der Waals surface area contributed by atoms with Crippen molar-refractivity contribution in [2.75, 3.05) is 11.9 Å². The van der Waals surface area contributed by atoms with E-state index in [4.69, 9.17) is 9.47 Å². The zero-order valence-electron chi connectivity index (χ0n) is 20.4. The zero-order valence-corrected chi connectivity index (χ0v) is 22.0. The topological polar surface area (TPSA) is 112 Å². The Morgan fingerprint density at radius 3 is 2.32 bits per heavy atom. The van der Waals surface area contributed by atoms with Gasteiger partial charge < -0.3 is 14.8 Å². The van der Waals surface area contributed by atoms with Gasteiger partial charge in [-0.05, 0) is 61.5 Å². The first-order chi connectivity index (χ1) is 18.3. The minimum Gasteiger partial charge on any atom is -0.457 e. The lowest BCUT2D eigenvalue weighted by Gasteiger charge is -2.09. The lowest BCUT2D eigenvalue weighted by molar-refractivity contribution is -0.143. The Labute approximate surface area is 227 Å². The molecule has 0 saturated carbocycles. The molecule has 1 heterocycles. The molecule has 0 aliphatic carbocycles. The van der Waals surface area contributed by atoms with E-state index in [1.807, 2.05) is 25.1 Å². The number of amides is 1. The summed E-state index contributed by atoms with van der Waals surface area (Å²) in [5, 5.41) is 3.60. The highest BCUT2D eigenvalue weighted by molar-refractivity contribution is 9.10. The Balaban J connectivity index is 1.22. The van der Waals surface area contributed by atoms with Crippen LogP contribution in [0.2, 0.25) is 0 Å². The number of ketones is 1. The molecule has 0 bridgehead atoms. The van der Waals surface area contributed by atoms with E-state index in [1.54, 1.807) is 36.5 Å². The van der Waals surface area contributed by atoms with Crippen LogP contribution in [0.4, 0.5) is 5.69 Å². The molecule has 38 heavy (non-hydrogen) atoms. The van der Waals surface area contributed by atoms with Crippen LogP contribution in [0.3, 0.4) is 0 Å². The number of carbonyl (C=O) groups excluding carboxylic acids is 4. The molecular formula is C29H23BrN2O6. The van der Waals surface area contributed by atoms with Gasteiger partial charge in [0.05, 0.1) is 23.2 Å². The fraction of sp³-hybridized carbons (Fsp3) is 0.138. The lowest BCUT2D eigenvalue weighted by atomic mass is 10.1. The summed E-state index contributed by atoms with van der Waals surface area (Å²) in [5.41, 5.74) is 2.89. The molecular weight excluding hydrogens is 552 g/mol. The summed E-state index contributed by atoms with van der Waals surface area (Å²) >= 11 is 3.46. The van der Waals surface area contributed by atoms with Crippen LogP contribution in [-0.4, -0.2) is 35.2 Å². The van der Waals surface area contributed by atoms with Crippen molar-refractivity contribution in [2.24, 2.45) is 0 Å². The summed E-state index contributed by atoms with van der Waals surface area (Å²) in [7, 11) is 0. The highest BCUT2D eigenvalue weighted by Gasteiger charge is 2.14. The summed E-state index contributed by atoms with van der Waals surface area (Å²) in [6.45, 7) is 1.45. The van der Waals surface area contributed by atoms with E-state index >= 15 is 0 Å². The molecule has 0 saturated heterocycles. The first-order valence-electron chi connectivity index (χ1n) is 11.7. The monoisotopic (exact) mass is 574 g/mol. The number of benzene rings is 3. The second kappa shape index (κ2) is 12.2. The maximum absolute atomic E-state index is 12.4. The average molecular weight is 575 g/mol. The van der Waals surface area contributed by atoms with Gasteiger partial charge in [-0.1, -0.05) is 39.7 Å². The molecule has 4 rings (SSSR count). The molecule has 1 amide bonds. The number of carbonyl (C=O) groups is 4. The Morgan fingerprint density at radius 1 is 0.868 bits per heavy atom. The van der Waals surface area contributed by atoms with Crippen molar-refractivity contribution in [3.05, 3.63) is 100 Å². The van der Waals surface area contributed by atoms with Crippen LogP contribution < -0.4 is 10.1 Å². The number of Topliss-reactive ketones (excluding diaryl/α,β-unsaturated/α-hetero) is 1. The second-order valence-electron chi connectivity index (χ2n) is 8.41. The van der Waals surface area contributed by atoms with Crippen LogP contribution in [0.5, 0.6) is 5.75 Å². The lowest BCUT2D eigenvalue weighted by Crippen LogP contribution is -2.17. The van der Waals surface area contributed by atoms with E-state index in [0.29, 0.717) is 22.3 Å². The van der Waals surface area contributed by atoms with Crippen molar-refractivity contribution >= 4 is 56.1 Å². The molecule has 0 atom stereocenters. The number of esters is 2. The normalized spacial score (nSPS) is 10.6. The van der Waals surface area contributed by atoms with Crippen molar-refractivity contribution in [3.8, 4) is 5.75 Å². The Hall–Kier alpha value is -4.37. The van der Waals surface area contributed by atoms with Crippen molar-refractivity contribution in [1.82, 2.24) is 4.98 Å². The van der Waals surface area contributed by atoms with Gasteiger partial charge in [-0.25, -0.2) is 4.79 Å². The van der Waals surface area contributed by atoms with Gasteiger partial charge in [0.1, 0.15) is 5.75 Å². The van der Waals surface area contributed by atoms with Crippen LogP contribution in [0.1, 0.15) is 39.1 Å². The Morgan fingerprint density at radius 2 is 1.58 bits per heavy atom. The van der Waals surface area contributed by atoms with Crippen LogP contribution in [0.25, 0.3) is 10.9 Å². The molecule has 0 fully saturated rings. The molecule has 9 heteroatoms. The second-order valence-corrected chi connectivity index (χ2v) is 9.26. The molecule has 4 aromatic rings. The number of hydrogen-bond donors (Lipinski definition) is 1. The summed E-state index contributed by atoms with van der Waals surface area (Å²) in [6, 6.07) is 20.1. The minimum atomic E-state index is -0.670. The summed E-state index contributed by atoms with van der Waals surface area (Å²) < 4.78 is 11.2. The summed E-state index contributed by atoms with van der Waals surface area (Å²) in [5.74, 6) is -1.70. The average Bonchev–Trinajstić information content (AvgIpc) is 2.93. The third-order valence-electron chi connectivity index (χ3n) is 5.59. The molecule has 0 unspecified atom stereocenters. The fourth-order valence-electron chi connectivity index (χ4n) is 3.53. The van der Waals surface area contributed by atoms with E-state index in [9.17, 15) is 19.2 Å². The molecule has 0 aliphatic rings. The predicted molar refractivity (Wildman–Crippen MR) is 145 cm³/mol. The van der Waals surface area contributed by atoms with E-state index in [0.717, 1.165) is 15.4 Å². The number of aryl methyl sites for hydroxylation is 1. The quantitative estimate of drug-likeness (QED) is 0.156. The van der Waals surface area contributed by atoms with E-state index in [-0.39, 0.29) is 24.5 Å². The molecule has 192 valence electrons. The predicted octanol–water partition coefficient (Wildman–Crippen LogP) is 5.67. The standard InChI is InChI=1S/C29H23BrN2O6/c1-18-4-6-20(7-5-18)29(36)38-21-10-8-19(9-11-21)25(33)17-37-27(35)15-14-26(34)32-24-13-12-23(30)22-3-2-16-31-28(22)24/h2-13,16H,14-15,17H2,1H3,(H,32,34). The zero-order chi connectivity index (χ0) is 27.1. The molecule has 0 spiro atoms. The maximum atomic E-state index is 12.4. The number of aromatic nitrogens is 1. The van der Waals surface area contributed by atoms with Gasteiger partial charge in [0, 0.05) is 28.0 Å². The molecule has 0 radical (unpaired) electrons. The number of fused-ring (bicyclic) bond motifs is 1. The number of nitrogens with zero attached hydrogens (tertiary/aromatic N) is 1. The first-order valence-corrected chi connectivity index (χ1v) is 12.5. The highest BCUT2D eigenvalue weighted by Crippen LogP contribution is 2.28. The first kappa shape index (κ1) is 26.7. The summed E-state index contributed by atoms with van der Waals surface area (Å²) in [6.07, 6.45) is 1.33. The van der Waals surface area contributed by atoms with Crippen LogP contribution in [0, 0.1) is 6.92 Å². The smallest absolute Gasteiger partial charge is 0.343 e. The SMILES string of the molecule is Cc1ccc(C(=O)Oc2ccc(C(=O)COC(=O)CCC(=O)Nc3ccc(Br)c4cccnc34)cc2)cc1. The molecule has 0 aliphatic heterocycles. The Bertz CT molecular complexity index is 1500. The number of nitrogens with one attached hydrogen (secondary N) is 1. The number of ether oxygens (including phenoxy) is 2. The number of anilines is 1. The van der Waals surface area contributed by atoms with Gasteiger partial charge in [0.2, 0.25) is 5.91 Å². The van der Waals surface area contributed by atoms with Crippen LogP contribution in [0.15, 0.2) is 83.5 Å². The number of hydrogen-bond acceptors (Lipinski definition) is 7. The Kier molecular flexibility index (Phi) is 8.60. The number of halogens is 1. The molecule has 1 aromatic heterocycles. The van der Waals surface area contributed by atoms with E-state index in [1.165, 1.54) is 24.3 Å². The fourth-order valence-corrected chi connectivity index (χ4v) is 3.99. The van der Waals surface area contributed by atoms with Gasteiger partial charge in [-0.15, -0.1) is 0 Å². The summed E-state index contributed by atoms with van der Waals surface area (Å²) in [4.78, 5) is 53.4. The number of rotatable bonds is 9. The third-order valence-corrected chi connectivity index (χ3v) is 6.28. The molecule has 3 aromatic carbocycles. The van der Waals surface area contributed by atoms with Crippen molar-refractivity contribution in [1.29, 1.82) is 0 Å². The van der Waals surface area contributed by atoms with E-state index in [2.05, 4.69) is 26.2 Å². The van der Waals surface area contributed by atoms with Gasteiger partial charge >= 0.3 is 11.9 Å². The largest absolute Gasteiger partial charge is 0.457 e. The third kappa shape index (κ3) is 6.89. The van der Waals surface area contributed by atoms with Gasteiger partial charge in [0.25, 0.3) is 0 Å². The van der Waals surface area contributed by atoms with Crippen molar-refractivity contribution in [2.45, 2.75) is 19.8 Å². The minimum absolute atomic E-state index is 0.113.